The summed E-state index contributed by atoms with van der Waals surface area (Å²) in [6.07, 6.45) is 2.67. The van der Waals surface area contributed by atoms with Crippen molar-refractivity contribution in [3.8, 4) is 0 Å². The third-order valence-corrected chi connectivity index (χ3v) is 1.89. The van der Waals surface area contributed by atoms with Crippen LogP contribution in [0.25, 0.3) is 0 Å². The molecule has 0 amide bonds. The zero-order chi connectivity index (χ0) is 11.1. The van der Waals surface area contributed by atoms with Crippen molar-refractivity contribution in [3.05, 3.63) is 12.2 Å². The fourth-order valence-electron chi connectivity index (χ4n) is 0.439. The second kappa shape index (κ2) is 7.35. The van der Waals surface area contributed by atoms with Crippen LogP contribution in [0.3, 0.4) is 0 Å². The molecule has 0 unspecified atom stereocenters. The van der Waals surface area contributed by atoms with Gasteiger partial charge in [-0.3, -0.25) is 0 Å². The van der Waals surface area contributed by atoms with Gasteiger partial charge in [-0.15, -0.1) is 0 Å². The molecule has 80 valence electrons. The summed E-state index contributed by atoms with van der Waals surface area (Å²) in [5, 5.41) is 3.33. The molecule has 0 aromatic carbocycles. The first-order valence-corrected chi connectivity index (χ1v) is 5.21. The minimum atomic E-state index is -1.02. The van der Waals surface area contributed by atoms with E-state index in [0.717, 1.165) is 0 Å². The highest BCUT2D eigenvalue weighted by molar-refractivity contribution is 6.64. The lowest BCUT2D eigenvalue weighted by Gasteiger charge is -2.05. The molecule has 0 aromatic heterocycles. The van der Waals surface area contributed by atoms with Crippen molar-refractivity contribution in [2.24, 2.45) is 5.16 Å². The second-order valence-electron chi connectivity index (χ2n) is 2.03. The normalized spacial score (nSPS) is 11.1. The number of halogens is 4. The Morgan fingerprint density at radius 3 is 2.14 bits per heavy atom. The number of alkyl halides is 4. The monoisotopic (exact) mass is 277 g/mol. The highest BCUT2D eigenvalue weighted by Gasteiger charge is 2.18. The maximum atomic E-state index is 10.8. The van der Waals surface area contributed by atoms with Gasteiger partial charge in [0.15, 0.2) is 9.67 Å². The van der Waals surface area contributed by atoms with Crippen molar-refractivity contribution < 1.29 is 9.63 Å². The zero-order valence-corrected chi connectivity index (χ0v) is 10.1. The molecule has 0 N–H and O–H groups in total. The lowest BCUT2D eigenvalue weighted by Crippen LogP contribution is -2.17. The van der Waals surface area contributed by atoms with Crippen molar-refractivity contribution >= 4 is 58.1 Å². The van der Waals surface area contributed by atoms with Crippen LogP contribution in [0, 0.1) is 0 Å². The van der Waals surface area contributed by atoms with Crippen molar-refractivity contribution in [1.29, 1.82) is 0 Å². The first-order chi connectivity index (χ1) is 6.49. The fourth-order valence-corrected chi connectivity index (χ4v) is 1.36. The molecule has 0 atom stereocenters. The van der Waals surface area contributed by atoms with E-state index < -0.39 is 15.6 Å². The first-order valence-electron chi connectivity index (χ1n) is 3.46. The largest absolute Gasteiger partial charge is 0.358 e. The van der Waals surface area contributed by atoms with Crippen LogP contribution < -0.4 is 0 Å². The molecule has 0 spiro atoms. The maximum Gasteiger partial charge on any atom is 0.358 e. The predicted octanol–water partition coefficient (Wildman–Crippen LogP) is 3.07. The van der Waals surface area contributed by atoms with Crippen molar-refractivity contribution in [1.82, 2.24) is 0 Å². The van der Waals surface area contributed by atoms with Crippen LogP contribution in [0.15, 0.2) is 17.3 Å². The third kappa shape index (κ3) is 5.70. The van der Waals surface area contributed by atoms with E-state index in [1.165, 1.54) is 12.2 Å². The Balaban J connectivity index is 4.38. The SMILES string of the molecule is C/C=C/C(=O)ON=C(C(Cl)Cl)C(Cl)Cl. The average molecular weight is 279 g/mol. The summed E-state index contributed by atoms with van der Waals surface area (Å²) in [4.78, 5) is 13.2. The summed E-state index contributed by atoms with van der Waals surface area (Å²) >= 11 is 21.8. The van der Waals surface area contributed by atoms with Crippen molar-refractivity contribution in [2.75, 3.05) is 0 Å². The number of nitrogens with zero attached hydrogens (tertiary/aromatic N) is 1. The van der Waals surface area contributed by atoms with E-state index in [2.05, 4.69) is 9.99 Å². The Morgan fingerprint density at radius 2 is 1.79 bits per heavy atom. The maximum absolute atomic E-state index is 10.8. The first kappa shape index (κ1) is 14.0. The number of allylic oxidation sites excluding steroid dienone is 1. The number of hydrogen-bond acceptors (Lipinski definition) is 3. The minimum Gasteiger partial charge on any atom is -0.313 e. The number of rotatable bonds is 4. The number of carbonyl (C=O) groups excluding carboxylic acids is 1. The summed E-state index contributed by atoms with van der Waals surface area (Å²) in [7, 11) is 0. The van der Waals surface area contributed by atoms with Gasteiger partial charge in [-0.25, -0.2) is 4.79 Å². The molecule has 0 heterocycles. The average Bonchev–Trinajstić information content (AvgIpc) is 2.03. The summed E-state index contributed by atoms with van der Waals surface area (Å²) in [5.74, 6) is -0.659. The van der Waals surface area contributed by atoms with E-state index in [1.807, 2.05) is 0 Å². The summed E-state index contributed by atoms with van der Waals surface area (Å²) < 4.78 is 0. The molecule has 7 heteroatoms. The van der Waals surface area contributed by atoms with Gasteiger partial charge in [-0.05, 0) is 6.92 Å². The van der Waals surface area contributed by atoms with Crippen LogP contribution in [0.5, 0.6) is 0 Å². The van der Waals surface area contributed by atoms with Crippen LogP contribution in [0.1, 0.15) is 6.92 Å². The van der Waals surface area contributed by atoms with Crippen molar-refractivity contribution in [2.45, 2.75) is 16.6 Å². The summed E-state index contributed by atoms with van der Waals surface area (Å²) in [5.41, 5.74) is -0.0329. The Hall–Kier alpha value is 0.0400. The summed E-state index contributed by atoms with van der Waals surface area (Å²) in [6.45, 7) is 1.66. The number of oxime groups is 1. The lowest BCUT2D eigenvalue weighted by molar-refractivity contribution is -0.137. The van der Waals surface area contributed by atoms with E-state index in [4.69, 9.17) is 46.4 Å². The molecule has 0 aliphatic rings. The van der Waals surface area contributed by atoms with Crippen LogP contribution in [0.2, 0.25) is 0 Å². The zero-order valence-electron chi connectivity index (χ0n) is 7.08. The minimum absolute atomic E-state index is 0.0329. The van der Waals surface area contributed by atoms with Gasteiger partial charge in [0.1, 0.15) is 5.71 Å². The van der Waals surface area contributed by atoms with E-state index >= 15 is 0 Å². The molecule has 0 saturated heterocycles. The van der Waals surface area contributed by atoms with Gasteiger partial charge in [0.25, 0.3) is 0 Å². The Labute approximate surface area is 102 Å². The van der Waals surface area contributed by atoms with E-state index in [9.17, 15) is 4.79 Å². The number of carbonyl (C=O) groups is 1. The molecular weight excluding hydrogens is 272 g/mol. The van der Waals surface area contributed by atoms with Crippen LogP contribution in [-0.4, -0.2) is 21.4 Å². The van der Waals surface area contributed by atoms with Crippen LogP contribution in [0.4, 0.5) is 0 Å². The molecule has 0 rings (SSSR count). The van der Waals surface area contributed by atoms with E-state index in [1.54, 1.807) is 6.92 Å². The van der Waals surface area contributed by atoms with Gasteiger partial charge in [0.2, 0.25) is 0 Å². The van der Waals surface area contributed by atoms with Gasteiger partial charge < -0.3 is 4.84 Å². The quantitative estimate of drug-likeness (QED) is 0.261. The van der Waals surface area contributed by atoms with E-state index in [0.29, 0.717) is 0 Å². The molecule has 0 saturated carbocycles. The highest BCUT2D eigenvalue weighted by Crippen LogP contribution is 2.15. The third-order valence-electron chi connectivity index (χ3n) is 0.991. The van der Waals surface area contributed by atoms with Crippen LogP contribution >= 0.6 is 46.4 Å². The fraction of sp³-hybridized carbons (Fsp3) is 0.429. The molecule has 0 aromatic rings. The smallest absolute Gasteiger partial charge is 0.313 e. The van der Waals surface area contributed by atoms with E-state index in [-0.39, 0.29) is 5.71 Å². The highest BCUT2D eigenvalue weighted by atomic mass is 35.5. The molecule has 0 bridgehead atoms. The van der Waals surface area contributed by atoms with Gasteiger partial charge in [-0.1, -0.05) is 57.6 Å². The second-order valence-corrected chi connectivity index (χ2v) is 4.22. The number of hydrogen-bond donors (Lipinski definition) is 0. The Bertz CT molecular complexity index is 240. The molecule has 0 fully saturated rings. The Kier molecular flexibility index (Phi) is 7.37. The lowest BCUT2D eigenvalue weighted by atomic mass is 10.5. The van der Waals surface area contributed by atoms with Gasteiger partial charge in [0.05, 0.1) is 0 Å². The van der Waals surface area contributed by atoms with Gasteiger partial charge >= 0.3 is 5.97 Å². The van der Waals surface area contributed by atoms with Crippen molar-refractivity contribution in [3.63, 3.8) is 0 Å². The Morgan fingerprint density at radius 1 is 1.29 bits per heavy atom. The molecule has 0 aliphatic carbocycles. The standard InChI is InChI=1S/C7H7Cl4NO2/c1-2-3-4(13)14-12-5(6(8)9)7(10)11/h2-3,6-7H,1H3/b3-2+. The molecule has 0 radical (unpaired) electrons. The molecule has 3 nitrogen and oxygen atoms in total. The van der Waals surface area contributed by atoms with Gasteiger partial charge in [-0.2, -0.15) is 0 Å². The molecule has 0 aliphatic heterocycles. The summed E-state index contributed by atoms with van der Waals surface area (Å²) in [6, 6.07) is 0. The molecular formula is C7H7Cl4NO2. The topological polar surface area (TPSA) is 38.7 Å². The molecule has 14 heavy (non-hydrogen) atoms. The predicted molar refractivity (Wildman–Crippen MR) is 59.3 cm³/mol. The van der Waals surface area contributed by atoms with Crippen LogP contribution in [-0.2, 0) is 9.63 Å². The van der Waals surface area contributed by atoms with Gasteiger partial charge in [0, 0.05) is 6.08 Å².